The van der Waals surface area contributed by atoms with Gasteiger partial charge in [0.15, 0.2) is 4.34 Å². The molecule has 2 heterocycles. The number of carbonyl (C=O) groups excluding carboxylic acids is 1. The standard InChI is InChI=1S/C16H14BrFN4O2S2/c1-9(14(23)20-13-5-4-10(17)7-12(13)18)25-16-22-21-15(26-16)19-8-11-3-2-6-24-11/h2-7,9H,8H2,1H3,(H,19,21)(H,20,23). The summed E-state index contributed by atoms with van der Waals surface area (Å²) in [7, 11) is 0. The first-order chi connectivity index (χ1) is 12.5. The predicted molar refractivity (Wildman–Crippen MR) is 104 cm³/mol. The van der Waals surface area contributed by atoms with Gasteiger partial charge in [0, 0.05) is 4.47 Å². The van der Waals surface area contributed by atoms with Crippen LogP contribution in [0.3, 0.4) is 0 Å². The molecule has 0 saturated carbocycles. The summed E-state index contributed by atoms with van der Waals surface area (Å²) in [6.45, 7) is 2.24. The molecule has 2 N–H and O–H groups in total. The van der Waals surface area contributed by atoms with Crippen molar-refractivity contribution in [3.05, 3.63) is 52.6 Å². The highest BCUT2D eigenvalue weighted by molar-refractivity contribution is 9.10. The van der Waals surface area contributed by atoms with Gasteiger partial charge in [-0.15, -0.1) is 10.2 Å². The smallest absolute Gasteiger partial charge is 0.237 e. The Morgan fingerprint density at radius 3 is 3.00 bits per heavy atom. The zero-order valence-corrected chi connectivity index (χ0v) is 16.8. The number of aromatic nitrogens is 2. The predicted octanol–water partition coefficient (Wildman–Crippen LogP) is 4.76. The second kappa shape index (κ2) is 8.65. The third kappa shape index (κ3) is 5.05. The summed E-state index contributed by atoms with van der Waals surface area (Å²) in [6.07, 6.45) is 1.60. The third-order valence-electron chi connectivity index (χ3n) is 3.24. The number of furan rings is 1. The van der Waals surface area contributed by atoms with Crippen molar-refractivity contribution in [3.63, 3.8) is 0 Å². The van der Waals surface area contributed by atoms with Crippen LogP contribution in [0, 0.1) is 5.82 Å². The minimum absolute atomic E-state index is 0.142. The third-order valence-corrected chi connectivity index (χ3v) is 5.79. The molecule has 0 saturated heterocycles. The van der Waals surface area contributed by atoms with Crippen molar-refractivity contribution in [1.82, 2.24) is 10.2 Å². The van der Waals surface area contributed by atoms with Crippen LogP contribution in [0.2, 0.25) is 0 Å². The Hall–Kier alpha value is -1.91. The fraction of sp³-hybridized carbons (Fsp3) is 0.188. The molecule has 0 radical (unpaired) electrons. The number of anilines is 2. The molecule has 0 aliphatic rings. The van der Waals surface area contributed by atoms with Gasteiger partial charge < -0.3 is 15.1 Å². The summed E-state index contributed by atoms with van der Waals surface area (Å²) in [5.41, 5.74) is 0.142. The Kier molecular flexibility index (Phi) is 6.28. The van der Waals surface area contributed by atoms with Crippen LogP contribution >= 0.6 is 39.0 Å². The van der Waals surface area contributed by atoms with E-state index in [1.54, 1.807) is 19.3 Å². The van der Waals surface area contributed by atoms with Crippen LogP contribution in [0.5, 0.6) is 0 Å². The molecule has 0 bridgehead atoms. The van der Waals surface area contributed by atoms with Crippen molar-refractivity contribution in [1.29, 1.82) is 0 Å². The van der Waals surface area contributed by atoms with Crippen LogP contribution < -0.4 is 10.6 Å². The fourth-order valence-electron chi connectivity index (χ4n) is 1.93. The molecule has 2 aromatic heterocycles. The van der Waals surface area contributed by atoms with Gasteiger partial charge in [-0.05, 0) is 37.3 Å². The second-order valence-electron chi connectivity index (χ2n) is 5.18. The molecule has 0 fully saturated rings. The van der Waals surface area contributed by atoms with Gasteiger partial charge in [-0.2, -0.15) is 0 Å². The van der Waals surface area contributed by atoms with E-state index in [2.05, 4.69) is 36.8 Å². The largest absolute Gasteiger partial charge is 0.467 e. The lowest BCUT2D eigenvalue weighted by Crippen LogP contribution is -2.22. The molecule has 3 aromatic rings. The van der Waals surface area contributed by atoms with Gasteiger partial charge in [0.05, 0.1) is 23.7 Å². The van der Waals surface area contributed by atoms with Crippen molar-refractivity contribution in [2.24, 2.45) is 0 Å². The number of hydrogen-bond acceptors (Lipinski definition) is 7. The number of rotatable bonds is 7. The quantitative estimate of drug-likeness (QED) is 0.498. The summed E-state index contributed by atoms with van der Waals surface area (Å²) < 4.78 is 20.3. The monoisotopic (exact) mass is 456 g/mol. The summed E-state index contributed by atoms with van der Waals surface area (Å²) >= 11 is 5.78. The summed E-state index contributed by atoms with van der Waals surface area (Å²) in [4.78, 5) is 12.3. The number of amides is 1. The second-order valence-corrected chi connectivity index (χ2v) is 8.66. The Labute approximate surface area is 165 Å². The van der Waals surface area contributed by atoms with E-state index in [0.29, 0.717) is 20.5 Å². The van der Waals surface area contributed by atoms with Gasteiger partial charge in [-0.3, -0.25) is 4.79 Å². The highest BCUT2D eigenvalue weighted by Gasteiger charge is 2.18. The lowest BCUT2D eigenvalue weighted by atomic mass is 10.3. The number of carbonyl (C=O) groups is 1. The molecule has 1 amide bonds. The lowest BCUT2D eigenvalue weighted by molar-refractivity contribution is -0.115. The topological polar surface area (TPSA) is 80.1 Å². The molecule has 3 rings (SSSR count). The van der Waals surface area contributed by atoms with Crippen molar-refractivity contribution < 1.29 is 13.6 Å². The Morgan fingerprint density at radius 2 is 2.27 bits per heavy atom. The molecule has 0 spiro atoms. The first-order valence-corrected chi connectivity index (χ1v) is 10.0. The van der Waals surface area contributed by atoms with E-state index in [4.69, 9.17) is 4.42 Å². The Morgan fingerprint density at radius 1 is 1.42 bits per heavy atom. The van der Waals surface area contributed by atoms with Gasteiger partial charge in [-0.25, -0.2) is 4.39 Å². The molecule has 6 nitrogen and oxygen atoms in total. The first-order valence-electron chi connectivity index (χ1n) is 7.53. The first kappa shape index (κ1) is 18.9. The van der Waals surface area contributed by atoms with Gasteiger partial charge in [0.1, 0.15) is 11.6 Å². The molecule has 0 aliphatic heterocycles. The van der Waals surface area contributed by atoms with Crippen LogP contribution in [0.4, 0.5) is 15.2 Å². The van der Waals surface area contributed by atoms with E-state index in [0.717, 1.165) is 5.76 Å². The Bertz CT molecular complexity index is 888. The van der Waals surface area contributed by atoms with Crippen LogP contribution in [-0.2, 0) is 11.3 Å². The SMILES string of the molecule is CC(Sc1nnc(NCc2ccco2)s1)C(=O)Nc1ccc(Br)cc1F. The highest BCUT2D eigenvalue weighted by atomic mass is 79.9. The Balaban J connectivity index is 1.53. The maximum atomic E-state index is 13.8. The van der Waals surface area contributed by atoms with Crippen LogP contribution in [0.25, 0.3) is 0 Å². The molecular formula is C16H14BrFN4O2S2. The molecule has 1 atom stereocenters. The molecule has 1 aromatic carbocycles. The van der Waals surface area contributed by atoms with Crippen molar-refractivity contribution in [2.75, 3.05) is 10.6 Å². The molecule has 136 valence electrons. The number of nitrogens with zero attached hydrogens (tertiary/aromatic N) is 2. The van der Waals surface area contributed by atoms with Crippen molar-refractivity contribution in [3.8, 4) is 0 Å². The van der Waals surface area contributed by atoms with Crippen LogP contribution in [0.1, 0.15) is 12.7 Å². The fourth-order valence-corrected chi connectivity index (χ4v) is 4.16. The molecule has 10 heteroatoms. The summed E-state index contributed by atoms with van der Waals surface area (Å²) in [5.74, 6) is -0.0135. The van der Waals surface area contributed by atoms with Gasteiger partial charge >= 0.3 is 0 Å². The number of halogens is 2. The van der Waals surface area contributed by atoms with Gasteiger partial charge in [0.2, 0.25) is 11.0 Å². The number of thioether (sulfide) groups is 1. The lowest BCUT2D eigenvalue weighted by Gasteiger charge is -2.11. The van der Waals surface area contributed by atoms with E-state index in [-0.39, 0.29) is 11.6 Å². The van der Waals surface area contributed by atoms with E-state index >= 15 is 0 Å². The average molecular weight is 457 g/mol. The van der Waals surface area contributed by atoms with E-state index < -0.39 is 11.1 Å². The summed E-state index contributed by atoms with van der Waals surface area (Å²) in [5, 5.41) is 14.0. The zero-order valence-electron chi connectivity index (χ0n) is 13.5. The zero-order chi connectivity index (χ0) is 18.5. The van der Waals surface area contributed by atoms with E-state index in [1.807, 2.05) is 12.1 Å². The molecule has 1 unspecified atom stereocenters. The molecular weight excluding hydrogens is 443 g/mol. The van der Waals surface area contributed by atoms with E-state index in [1.165, 1.54) is 35.2 Å². The van der Waals surface area contributed by atoms with Gasteiger partial charge in [0.25, 0.3) is 0 Å². The average Bonchev–Trinajstić information content (AvgIpc) is 3.27. The highest BCUT2D eigenvalue weighted by Crippen LogP contribution is 2.30. The number of nitrogens with one attached hydrogen (secondary N) is 2. The van der Waals surface area contributed by atoms with Crippen molar-refractivity contribution in [2.45, 2.75) is 23.1 Å². The van der Waals surface area contributed by atoms with Crippen LogP contribution in [-0.4, -0.2) is 21.4 Å². The van der Waals surface area contributed by atoms with Gasteiger partial charge in [-0.1, -0.05) is 39.0 Å². The van der Waals surface area contributed by atoms with Crippen LogP contribution in [0.15, 0.2) is 49.8 Å². The maximum absolute atomic E-state index is 13.8. The molecule has 0 aliphatic carbocycles. The normalized spacial score (nSPS) is 12.0. The minimum atomic E-state index is -0.495. The number of hydrogen-bond donors (Lipinski definition) is 2. The van der Waals surface area contributed by atoms with Crippen molar-refractivity contribution >= 4 is 55.8 Å². The maximum Gasteiger partial charge on any atom is 0.237 e. The minimum Gasteiger partial charge on any atom is -0.467 e. The van der Waals surface area contributed by atoms with E-state index in [9.17, 15) is 9.18 Å². The summed E-state index contributed by atoms with van der Waals surface area (Å²) in [6, 6.07) is 8.15. The molecule has 26 heavy (non-hydrogen) atoms. The number of benzene rings is 1.